The van der Waals surface area contributed by atoms with Crippen molar-refractivity contribution >= 4 is 34.5 Å². The molecule has 0 radical (unpaired) electrons. The number of benzene rings is 2. The third kappa shape index (κ3) is 5.23. The predicted molar refractivity (Wildman–Crippen MR) is 144 cm³/mol. The van der Waals surface area contributed by atoms with Crippen molar-refractivity contribution in [1.29, 1.82) is 0 Å². The predicted octanol–water partition coefficient (Wildman–Crippen LogP) is 6.81. The maximum Gasteiger partial charge on any atom is 0.107 e. The molecule has 0 fully saturated rings. The van der Waals surface area contributed by atoms with Crippen LogP contribution in [0.1, 0.15) is 42.0 Å². The van der Waals surface area contributed by atoms with Gasteiger partial charge in [0.1, 0.15) is 5.84 Å². The molecule has 0 amide bonds. The Kier molecular flexibility index (Phi) is 7.83. The van der Waals surface area contributed by atoms with Crippen LogP contribution in [0.2, 0.25) is 5.02 Å². The van der Waals surface area contributed by atoms with E-state index in [4.69, 9.17) is 16.6 Å². The molecule has 1 atom stereocenters. The van der Waals surface area contributed by atoms with Crippen LogP contribution in [0, 0.1) is 6.92 Å². The van der Waals surface area contributed by atoms with Gasteiger partial charge in [0.05, 0.1) is 11.7 Å². The van der Waals surface area contributed by atoms with Crippen molar-refractivity contribution < 1.29 is 0 Å². The number of nitrogens with zero attached hydrogens (tertiary/aromatic N) is 2. The third-order valence-corrected chi connectivity index (χ3v) is 6.44. The average Bonchev–Trinajstić information content (AvgIpc) is 2.80. The van der Waals surface area contributed by atoms with Gasteiger partial charge in [-0.2, -0.15) is 0 Å². The standard InChI is InChI=1S/C28H33ClN4/c1-8-9-13-27(20(4)30-7)33-21(5)28-24(11-10-12-26(28)32-22(33)6)17-31-19(3)23-14-15-25(29)18(2)16-23/h8,10-12,14-16,27,30-31H,1,3-5,9,13,17H2,2,6-7H3. The summed E-state index contributed by atoms with van der Waals surface area (Å²) in [7, 11) is 1.90. The molecule has 0 bridgehead atoms. The fraction of sp³-hybridized carbons (Fsp3) is 0.250. The fourth-order valence-electron chi connectivity index (χ4n) is 4.16. The molecule has 0 saturated carbocycles. The molecule has 0 aromatic heterocycles. The summed E-state index contributed by atoms with van der Waals surface area (Å²) < 4.78 is 0. The smallest absolute Gasteiger partial charge is 0.107 e. The maximum atomic E-state index is 6.18. The molecule has 172 valence electrons. The number of aliphatic imine (C=N–C) groups is 1. The molecule has 1 aliphatic rings. The van der Waals surface area contributed by atoms with Crippen molar-refractivity contribution in [2.75, 3.05) is 7.05 Å². The summed E-state index contributed by atoms with van der Waals surface area (Å²) in [6, 6.07) is 12.1. The number of aryl methyl sites for hydroxylation is 1. The van der Waals surface area contributed by atoms with E-state index in [0.29, 0.717) is 6.54 Å². The van der Waals surface area contributed by atoms with E-state index < -0.39 is 0 Å². The lowest BCUT2D eigenvalue weighted by Gasteiger charge is -2.39. The number of hydrogen-bond donors (Lipinski definition) is 2. The second-order valence-electron chi connectivity index (χ2n) is 8.24. The molecule has 5 heteroatoms. The van der Waals surface area contributed by atoms with Crippen molar-refractivity contribution in [1.82, 2.24) is 15.5 Å². The Labute approximate surface area is 203 Å². The lowest BCUT2D eigenvalue weighted by atomic mass is 9.96. The van der Waals surface area contributed by atoms with Gasteiger partial charge in [-0.15, -0.1) is 6.58 Å². The zero-order chi connectivity index (χ0) is 24.1. The molecule has 1 heterocycles. The largest absolute Gasteiger partial charge is 0.390 e. The quantitative estimate of drug-likeness (QED) is 0.382. The van der Waals surface area contributed by atoms with E-state index in [-0.39, 0.29) is 6.04 Å². The van der Waals surface area contributed by atoms with Crippen LogP contribution in [0.3, 0.4) is 0 Å². The minimum absolute atomic E-state index is 0.0328. The Balaban J connectivity index is 1.89. The summed E-state index contributed by atoms with van der Waals surface area (Å²) in [5, 5.41) is 7.44. The van der Waals surface area contributed by atoms with E-state index >= 15 is 0 Å². The lowest BCUT2D eigenvalue weighted by Crippen LogP contribution is -2.42. The molecule has 2 aromatic carbocycles. The minimum atomic E-state index is 0.0328. The lowest BCUT2D eigenvalue weighted by molar-refractivity contribution is 0.425. The first-order valence-corrected chi connectivity index (χ1v) is 11.5. The zero-order valence-corrected chi connectivity index (χ0v) is 20.6. The maximum absolute atomic E-state index is 6.18. The fourth-order valence-corrected chi connectivity index (χ4v) is 4.27. The van der Waals surface area contributed by atoms with Crippen molar-refractivity contribution in [3.63, 3.8) is 0 Å². The number of hydrogen-bond acceptors (Lipinski definition) is 4. The second kappa shape index (κ2) is 10.6. The van der Waals surface area contributed by atoms with Crippen molar-refractivity contribution in [2.45, 2.75) is 39.3 Å². The number of allylic oxidation sites excluding steroid dienone is 1. The summed E-state index contributed by atoms with van der Waals surface area (Å²) in [5.74, 6) is 0.907. The van der Waals surface area contributed by atoms with Gasteiger partial charge in [-0.1, -0.05) is 55.6 Å². The molecule has 0 spiro atoms. The first-order valence-electron chi connectivity index (χ1n) is 11.1. The van der Waals surface area contributed by atoms with Crippen LogP contribution in [0.5, 0.6) is 0 Å². The van der Waals surface area contributed by atoms with E-state index in [1.165, 1.54) is 0 Å². The van der Waals surface area contributed by atoms with Crippen molar-refractivity contribution in [3.8, 4) is 0 Å². The molecule has 2 aromatic rings. The van der Waals surface area contributed by atoms with Gasteiger partial charge in [0, 0.05) is 41.3 Å². The van der Waals surface area contributed by atoms with Gasteiger partial charge in [-0.25, -0.2) is 4.99 Å². The Bertz CT molecular complexity index is 1130. The van der Waals surface area contributed by atoms with Crippen molar-refractivity contribution in [3.05, 3.63) is 102 Å². The normalized spacial score (nSPS) is 13.6. The molecule has 4 nitrogen and oxygen atoms in total. The number of rotatable bonds is 10. The highest BCUT2D eigenvalue weighted by Gasteiger charge is 2.30. The van der Waals surface area contributed by atoms with Crippen LogP contribution in [-0.4, -0.2) is 23.8 Å². The summed E-state index contributed by atoms with van der Waals surface area (Å²) in [4.78, 5) is 7.10. The van der Waals surface area contributed by atoms with E-state index in [2.05, 4.69) is 47.9 Å². The van der Waals surface area contributed by atoms with Crippen LogP contribution in [0.15, 0.2) is 79.5 Å². The first kappa shape index (κ1) is 24.4. The van der Waals surface area contributed by atoms with E-state index in [1.54, 1.807) is 0 Å². The molecule has 1 unspecified atom stereocenters. The summed E-state index contributed by atoms with van der Waals surface area (Å²) >= 11 is 6.18. The van der Waals surface area contributed by atoms with Crippen molar-refractivity contribution in [2.24, 2.45) is 4.99 Å². The number of nitrogens with one attached hydrogen (secondary N) is 2. The van der Waals surface area contributed by atoms with E-state index in [9.17, 15) is 0 Å². The van der Waals surface area contributed by atoms with Gasteiger partial charge in [0.15, 0.2) is 0 Å². The summed E-state index contributed by atoms with van der Waals surface area (Å²) in [6.45, 7) is 21.4. The molecule has 0 saturated heterocycles. The van der Waals surface area contributed by atoms with Crippen LogP contribution in [0.4, 0.5) is 5.69 Å². The van der Waals surface area contributed by atoms with Crippen LogP contribution >= 0.6 is 11.6 Å². The first-order chi connectivity index (χ1) is 15.8. The van der Waals surface area contributed by atoms with Crippen LogP contribution in [-0.2, 0) is 6.54 Å². The second-order valence-corrected chi connectivity index (χ2v) is 8.65. The molecule has 33 heavy (non-hydrogen) atoms. The van der Waals surface area contributed by atoms with Gasteiger partial charge in [0.25, 0.3) is 0 Å². The molecule has 2 N–H and O–H groups in total. The van der Waals surface area contributed by atoms with Gasteiger partial charge < -0.3 is 15.5 Å². The molecular weight excluding hydrogens is 428 g/mol. The number of halogens is 1. The average molecular weight is 461 g/mol. The van der Waals surface area contributed by atoms with Gasteiger partial charge >= 0.3 is 0 Å². The Morgan fingerprint density at radius 1 is 1.21 bits per heavy atom. The molecule has 1 aliphatic heterocycles. The van der Waals surface area contributed by atoms with E-state index in [1.807, 2.05) is 57.3 Å². The van der Waals surface area contributed by atoms with E-state index in [0.717, 1.165) is 68.7 Å². The Morgan fingerprint density at radius 2 is 1.97 bits per heavy atom. The molecule has 3 rings (SSSR count). The topological polar surface area (TPSA) is 39.7 Å². The van der Waals surface area contributed by atoms with Gasteiger partial charge in [0.2, 0.25) is 0 Å². The zero-order valence-electron chi connectivity index (χ0n) is 19.8. The third-order valence-electron chi connectivity index (χ3n) is 6.02. The molecule has 0 aliphatic carbocycles. The number of likely N-dealkylation sites (N-methyl/N-ethyl adjacent to an activating group) is 1. The highest BCUT2D eigenvalue weighted by atomic mass is 35.5. The summed E-state index contributed by atoms with van der Waals surface area (Å²) in [5.41, 5.74) is 7.83. The Hall–Kier alpha value is -3.24. The Morgan fingerprint density at radius 3 is 2.64 bits per heavy atom. The highest BCUT2D eigenvalue weighted by molar-refractivity contribution is 6.31. The van der Waals surface area contributed by atoms with Crippen LogP contribution in [0.25, 0.3) is 11.4 Å². The molecular formula is C28H33ClN4. The SMILES string of the molecule is C=CCCC(C(=C)NC)N1C(=C)c2c(CNC(=C)c3ccc(Cl)c(C)c3)cccc2N=C1C. The monoisotopic (exact) mass is 460 g/mol. The highest BCUT2D eigenvalue weighted by Crippen LogP contribution is 2.38. The minimum Gasteiger partial charge on any atom is -0.390 e. The van der Waals surface area contributed by atoms with Crippen LogP contribution < -0.4 is 10.6 Å². The van der Waals surface area contributed by atoms with Gasteiger partial charge in [-0.3, -0.25) is 0 Å². The van der Waals surface area contributed by atoms with Gasteiger partial charge in [-0.05, 0) is 61.6 Å². The number of amidine groups is 1. The summed E-state index contributed by atoms with van der Waals surface area (Å²) in [6.07, 6.45) is 3.68. The number of fused-ring (bicyclic) bond motifs is 1.